The molecule has 2 aromatic heterocycles. The van der Waals surface area contributed by atoms with E-state index in [4.69, 9.17) is 21.1 Å². The molecule has 2 amide bonds. The average molecular weight is 456 g/mol. The van der Waals surface area contributed by atoms with Crippen LogP contribution in [0.4, 0.5) is 4.79 Å². The normalized spacial score (nSPS) is 21.8. The number of methoxy groups -OCH3 is 1. The van der Waals surface area contributed by atoms with E-state index in [1.807, 2.05) is 6.07 Å². The number of fused-ring (bicyclic) bond motifs is 1. The quantitative estimate of drug-likeness (QED) is 0.767. The summed E-state index contributed by atoms with van der Waals surface area (Å²) in [5.41, 5.74) is 1.27. The van der Waals surface area contributed by atoms with Crippen LogP contribution >= 0.6 is 34.3 Å². The lowest BCUT2D eigenvalue weighted by atomic mass is 10.1. The van der Waals surface area contributed by atoms with Crippen LogP contribution in [0.25, 0.3) is 0 Å². The maximum Gasteiger partial charge on any atom is 0.413 e. The van der Waals surface area contributed by atoms with Crippen LogP contribution in [-0.2, 0) is 17.7 Å². The number of hydrogen-bond donors (Lipinski definition) is 1. The van der Waals surface area contributed by atoms with E-state index in [1.54, 1.807) is 35.5 Å². The lowest BCUT2D eigenvalue weighted by Gasteiger charge is -2.21. The minimum Gasteiger partial charge on any atom is -0.399 e. The first-order chi connectivity index (χ1) is 13.9. The van der Waals surface area contributed by atoms with Gasteiger partial charge in [0.25, 0.3) is 5.91 Å². The first-order valence-electron chi connectivity index (χ1n) is 9.29. The molecule has 1 fully saturated rings. The number of likely N-dealkylation sites (tertiary alicyclic amines) is 1. The Morgan fingerprint density at radius 3 is 2.83 bits per heavy atom. The molecule has 7 nitrogen and oxygen atoms in total. The molecule has 0 saturated carbocycles. The molecule has 10 heteroatoms. The maximum absolute atomic E-state index is 13.0. The fraction of sp³-hybridized carbons (Fsp3) is 0.474. The summed E-state index contributed by atoms with van der Waals surface area (Å²) < 4.78 is 11.3. The highest BCUT2D eigenvalue weighted by molar-refractivity contribution is 7.17. The third-order valence-electron chi connectivity index (χ3n) is 5.19. The summed E-state index contributed by atoms with van der Waals surface area (Å²) in [7, 11) is 3.67. The van der Waals surface area contributed by atoms with Crippen LogP contribution in [0, 0.1) is 0 Å². The highest BCUT2D eigenvalue weighted by atomic mass is 35.5. The van der Waals surface area contributed by atoms with Gasteiger partial charge in [-0.2, -0.15) is 0 Å². The standard InChI is InChI=1S/C19H22ClN3O4S2/c1-22-6-5-11-7-14(28-15(11)10-22)18(24)23-8-12(13(9-23)26-2)21-19(25)27-17-4-3-16(20)29-17/h3-4,7,12-13H,5-6,8-10H2,1-2H3,(H,21,25). The van der Waals surface area contributed by atoms with Gasteiger partial charge in [0, 0.05) is 38.2 Å². The highest BCUT2D eigenvalue weighted by Crippen LogP contribution is 2.30. The Hall–Kier alpha value is -1.65. The smallest absolute Gasteiger partial charge is 0.399 e. The first-order valence-corrected chi connectivity index (χ1v) is 11.3. The van der Waals surface area contributed by atoms with E-state index < -0.39 is 6.09 Å². The number of thiophene rings is 2. The number of carbonyl (C=O) groups excluding carboxylic acids is 2. The van der Waals surface area contributed by atoms with Crippen molar-refractivity contribution in [2.75, 3.05) is 33.8 Å². The number of likely N-dealkylation sites (N-methyl/N-ethyl adjacent to an activating group) is 1. The van der Waals surface area contributed by atoms with Crippen molar-refractivity contribution in [3.8, 4) is 5.06 Å². The topological polar surface area (TPSA) is 71.1 Å². The predicted octanol–water partition coefficient (Wildman–Crippen LogP) is 3.08. The molecule has 2 unspecified atom stereocenters. The first kappa shape index (κ1) is 20.6. The van der Waals surface area contributed by atoms with Crippen LogP contribution in [0.1, 0.15) is 20.1 Å². The molecule has 0 bridgehead atoms. The van der Waals surface area contributed by atoms with E-state index in [0.29, 0.717) is 22.5 Å². The van der Waals surface area contributed by atoms with Crippen molar-refractivity contribution in [3.05, 3.63) is 37.9 Å². The van der Waals surface area contributed by atoms with Crippen molar-refractivity contribution in [3.63, 3.8) is 0 Å². The number of rotatable bonds is 4. The van der Waals surface area contributed by atoms with Crippen molar-refractivity contribution in [2.24, 2.45) is 0 Å². The van der Waals surface area contributed by atoms with E-state index in [1.165, 1.54) is 21.8 Å². The second kappa shape index (κ2) is 8.61. The van der Waals surface area contributed by atoms with Crippen LogP contribution in [-0.4, -0.2) is 67.7 Å². The van der Waals surface area contributed by atoms with E-state index >= 15 is 0 Å². The molecule has 0 aliphatic carbocycles. The second-order valence-electron chi connectivity index (χ2n) is 7.23. The molecule has 2 aliphatic heterocycles. The zero-order valence-electron chi connectivity index (χ0n) is 16.1. The van der Waals surface area contributed by atoms with Gasteiger partial charge in [-0.15, -0.1) is 11.3 Å². The third-order valence-corrected chi connectivity index (χ3v) is 7.44. The van der Waals surface area contributed by atoms with Crippen LogP contribution in [0.2, 0.25) is 4.34 Å². The molecule has 1 N–H and O–H groups in total. The summed E-state index contributed by atoms with van der Waals surface area (Å²) >= 11 is 8.60. The molecule has 4 heterocycles. The van der Waals surface area contributed by atoms with E-state index in [2.05, 4.69) is 17.3 Å². The molecule has 156 valence electrons. The van der Waals surface area contributed by atoms with Gasteiger partial charge in [-0.1, -0.05) is 22.9 Å². The molecule has 0 aromatic carbocycles. The number of amides is 2. The Labute approximate surface area is 182 Å². The SMILES string of the molecule is COC1CN(C(=O)c2cc3c(s2)CN(C)CC3)CC1NC(=O)Oc1ccc(Cl)s1. The Kier molecular flexibility index (Phi) is 6.12. The van der Waals surface area contributed by atoms with Crippen molar-refractivity contribution in [2.45, 2.75) is 25.1 Å². The number of hydrogen-bond acceptors (Lipinski definition) is 7. The zero-order chi connectivity index (χ0) is 20.5. The fourth-order valence-electron chi connectivity index (χ4n) is 3.65. The van der Waals surface area contributed by atoms with Gasteiger partial charge in [0.15, 0.2) is 5.06 Å². The minimum absolute atomic E-state index is 0.0168. The van der Waals surface area contributed by atoms with Gasteiger partial charge >= 0.3 is 6.09 Å². The maximum atomic E-state index is 13.0. The van der Waals surface area contributed by atoms with Crippen molar-refractivity contribution in [1.82, 2.24) is 15.1 Å². The van der Waals surface area contributed by atoms with Gasteiger partial charge < -0.3 is 24.6 Å². The Bertz CT molecular complexity index is 915. The van der Waals surface area contributed by atoms with Gasteiger partial charge in [-0.3, -0.25) is 4.79 Å². The number of nitrogens with one attached hydrogen (secondary N) is 1. The van der Waals surface area contributed by atoms with Crippen molar-refractivity contribution in [1.29, 1.82) is 0 Å². The minimum atomic E-state index is -0.584. The molecule has 4 rings (SSSR count). The van der Waals surface area contributed by atoms with E-state index in [0.717, 1.165) is 24.4 Å². The third kappa shape index (κ3) is 4.59. The Morgan fingerprint density at radius 1 is 1.28 bits per heavy atom. The number of ether oxygens (including phenoxy) is 2. The highest BCUT2D eigenvalue weighted by Gasteiger charge is 2.38. The van der Waals surface area contributed by atoms with Crippen LogP contribution < -0.4 is 10.1 Å². The number of nitrogens with zero attached hydrogens (tertiary/aromatic N) is 2. The largest absolute Gasteiger partial charge is 0.413 e. The molecule has 29 heavy (non-hydrogen) atoms. The summed E-state index contributed by atoms with van der Waals surface area (Å²) in [6.07, 6.45) is 0.0950. The van der Waals surface area contributed by atoms with Crippen LogP contribution in [0.3, 0.4) is 0 Å². The number of halogens is 1. The lowest BCUT2D eigenvalue weighted by Crippen LogP contribution is -2.44. The molecule has 1 saturated heterocycles. The monoisotopic (exact) mass is 455 g/mol. The van der Waals surface area contributed by atoms with Crippen LogP contribution in [0.5, 0.6) is 5.06 Å². The summed E-state index contributed by atoms with van der Waals surface area (Å²) in [4.78, 5) is 31.3. The van der Waals surface area contributed by atoms with Crippen molar-refractivity contribution < 1.29 is 19.1 Å². The second-order valence-corrected chi connectivity index (χ2v) is 10.0. The summed E-state index contributed by atoms with van der Waals surface area (Å²) in [6.45, 7) is 2.70. The molecule has 0 radical (unpaired) electrons. The summed E-state index contributed by atoms with van der Waals surface area (Å²) in [6, 6.07) is 4.99. The van der Waals surface area contributed by atoms with Gasteiger partial charge in [-0.05, 0) is 37.2 Å². The summed E-state index contributed by atoms with van der Waals surface area (Å²) in [5.74, 6) is -0.0168. The van der Waals surface area contributed by atoms with Gasteiger partial charge in [0.2, 0.25) is 0 Å². The summed E-state index contributed by atoms with van der Waals surface area (Å²) in [5, 5.41) is 3.23. The van der Waals surface area contributed by atoms with Gasteiger partial charge in [0.1, 0.15) is 0 Å². The molecule has 2 atom stereocenters. The zero-order valence-corrected chi connectivity index (χ0v) is 18.5. The Balaban J connectivity index is 1.39. The molecule has 2 aliphatic rings. The molecule has 2 aromatic rings. The van der Waals surface area contributed by atoms with Gasteiger partial charge in [0.05, 0.1) is 21.4 Å². The number of carbonyl (C=O) groups is 2. The molecular weight excluding hydrogens is 434 g/mol. The Morgan fingerprint density at radius 2 is 2.10 bits per heavy atom. The van der Waals surface area contributed by atoms with E-state index in [-0.39, 0.29) is 18.1 Å². The van der Waals surface area contributed by atoms with Gasteiger partial charge in [-0.25, -0.2) is 4.79 Å². The van der Waals surface area contributed by atoms with Crippen LogP contribution in [0.15, 0.2) is 18.2 Å². The molecule has 0 spiro atoms. The molecular formula is C19H22ClN3O4S2. The lowest BCUT2D eigenvalue weighted by molar-refractivity contribution is 0.0711. The van der Waals surface area contributed by atoms with Crippen molar-refractivity contribution >= 4 is 46.3 Å². The van der Waals surface area contributed by atoms with E-state index in [9.17, 15) is 9.59 Å². The predicted molar refractivity (Wildman–Crippen MR) is 113 cm³/mol. The average Bonchev–Trinajstić information content (AvgIpc) is 3.39. The fourth-order valence-corrected chi connectivity index (χ4v) is 5.78.